The van der Waals surface area contributed by atoms with Crippen LogP contribution < -0.4 is 4.74 Å². The van der Waals surface area contributed by atoms with Crippen LogP contribution in [-0.2, 0) is 9.47 Å². The number of hydrogen-bond acceptors (Lipinski definition) is 4. The van der Waals surface area contributed by atoms with Gasteiger partial charge < -0.3 is 14.2 Å². The molecule has 1 atom stereocenters. The van der Waals surface area contributed by atoms with Gasteiger partial charge in [-0.05, 0) is 32.3 Å². The van der Waals surface area contributed by atoms with Gasteiger partial charge in [0.25, 0.3) is 0 Å². The van der Waals surface area contributed by atoms with Crippen molar-refractivity contribution in [2.75, 3.05) is 19.8 Å². The Kier molecular flexibility index (Phi) is 4.76. The third-order valence-corrected chi connectivity index (χ3v) is 2.66. The zero-order valence-corrected chi connectivity index (χ0v) is 10.2. The van der Waals surface area contributed by atoms with Gasteiger partial charge >= 0.3 is 0 Å². The summed E-state index contributed by atoms with van der Waals surface area (Å²) < 4.78 is 16.6. The van der Waals surface area contributed by atoms with Crippen molar-refractivity contribution < 1.29 is 14.2 Å². The molecule has 1 unspecified atom stereocenters. The Morgan fingerprint density at radius 1 is 1.41 bits per heavy atom. The Bertz CT molecular complexity index is 337. The molecule has 1 saturated heterocycles. The average molecular weight is 237 g/mol. The molecule has 0 aliphatic carbocycles. The molecule has 0 radical (unpaired) electrons. The summed E-state index contributed by atoms with van der Waals surface area (Å²) >= 11 is 0. The molecule has 0 saturated carbocycles. The van der Waals surface area contributed by atoms with E-state index in [2.05, 4.69) is 4.98 Å². The van der Waals surface area contributed by atoms with Gasteiger partial charge in [-0.2, -0.15) is 0 Å². The van der Waals surface area contributed by atoms with E-state index in [4.69, 9.17) is 14.2 Å². The molecule has 4 nitrogen and oxygen atoms in total. The van der Waals surface area contributed by atoms with E-state index in [0.717, 1.165) is 30.9 Å². The van der Waals surface area contributed by atoms with E-state index in [1.807, 2.05) is 19.1 Å². The van der Waals surface area contributed by atoms with Gasteiger partial charge in [0, 0.05) is 24.6 Å². The highest BCUT2D eigenvalue weighted by Crippen LogP contribution is 2.14. The van der Waals surface area contributed by atoms with Crippen LogP contribution in [0.25, 0.3) is 0 Å². The number of ether oxygens (including phenoxy) is 3. The number of rotatable bonds is 5. The molecule has 17 heavy (non-hydrogen) atoms. The van der Waals surface area contributed by atoms with Crippen LogP contribution in [0.5, 0.6) is 5.75 Å². The number of aromatic nitrogens is 1. The maximum Gasteiger partial charge on any atom is 0.157 e. The molecule has 2 rings (SSSR count). The van der Waals surface area contributed by atoms with Gasteiger partial charge in [0.15, 0.2) is 6.29 Å². The van der Waals surface area contributed by atoms with E-state index in [9.17, 15) is 0 Å². The number of nitrogens with zero attached hydrogens (tertiary/aromatic N) is 1. The molecule has 94 valence electrons. The van der Waals surface area contributed by atoms with Gasteiger partial charge in [-0.15, -0.1) is 0 Å². The van der Waals surface area contributed by atoms with E-state index in [1.54, 1.807) is 6.20 Å². The fourth-order valence-corrected chi connectivity index (χ4v) is 1.79. The molecular formula is C13H19NO3. The minimum Gasteiger partial charge on any atom is -0.491 e. The minimum absolute atomic E-state index is 0.0356. The van der Waals surface area contributed by atoms with Crippen LogP contribution in [0.15, 0.2) is 18.3 Å². The van der Waals surface area contributed by atoms with Crippen molar-refractivity contribution in [3.05, 3.63) is 24.0 Å². The van der Waals surface area contributed by atoms with E-state index in [1.165, 1.54) is 6.42 Å². The van der Waals surface area contributed by atoms with Crippen molar-refractivity contribution in [2.45, 2.75) is 32.5 Å². The summed E-state index contributed by atoms with van der Waals surface area (Å²) in [5, 5.41) is 0. The normalized spacial score (nSPS) is 20.2. The summed E-state index contributed by atoms with van der Waals surface area (Å²) in [7, 11) is 0. The summed E-state index contributed by atoms with van der Waals surface area (Å²) in [4.78, 5) is 4.11. The highest BCUT2D eigenvalue weighted by Gasteiger charge is 2.13. The van der Waals surface area contributed by atoms with Crippen LogP contribution >= 0.6 is 0 Å². The van der Waals surface area contributed by atoms with Crippen molar-refractivity contribution in [1.29, 1.82) is 0 Å². The van der Waals surface area contributed by atoms with E-state index in [0.29, 0.717) is 13.2 Å². The van der Waals surface area contributed by atoms with Crippen LogP contribution in [0.3, 0.4) is 0 Å². The molecule has 1 aliphatic rings. The lowest BCUT2D eigenvalue weighted by Gasteiger charge is -2.22. The summed E-state index contributed by atoms with van der Waals surface area (Å²) in [6.07, 6.45) is 5.04. The Morgan fingerprint density at radius 2 is 2.35 bits per heavy atom. The van der Waals surface area contributed by atoms with Gasteiger partial charge in [0.1, 0.15) is 12.4 Å². The maximum atomic E-state index is 5.57. The smallest absolute Gasteiger partial charge is 0.157 e. The monoisotopic (exact) mass is 237 g/mol. The lowest BCUT2D eigenvalue weighted by Crippen LogP contribution is -2.24. The zero-order valence-electron chi connectivity index (χ0n) is 10.2. The molecule has 4 heteroatoms. The molecule has 2 heterocycles. The van der Waals surface area contributed by atoms with Gasteiger partial charge in [0.05, 0.1) is 6.61 Å². The highest BCUT2D eigenvalue weighted by molar-refractivity contribution is 5.21. The number of pyridine rings is 1. The first-order valence-corrected chi connectivity index (χ1v) is 6.13. The standard InChI is InChI=1S/C13H19NO3/c1-11-10-12(5-6-14-11)15-8-9-17-13-4-2-3-7-16-13/h5-6,10,13H,2-4,7-9H2,1H3. The number of aryl methyl sites for hydroxylation is 1. The quantitative estimate of drug-likeness (QED) is 0.737. The van der Waals surface area contributed by atoms with Gasteiger partial charge in [-0.3, -0.25) is 4.98 Å². The zero-order chi connectivity index (χ0) is 11.9. The van der Waals surface area contributed by atoms with Crippen LogP contribution in [0.2, 0.25) is 0 Å². The lowest BCUT2D eigenvalue weighted by atomic mass is 10.2. The van der Waals surface area contributed by atoms with Gasteiger partial charge in [-0.25, -0.2) is 0 Å². The SMILES string of the molecule is Cc1cc(OCCOC2CCCCO2)ccn1. The second kappa shape index (κ2) is 6.57. The van der Waals surface area contributed by atoms with E-state index >= 15 is 0 Å². The molecule has 0 spiro atoms. The van der Waals surface area contributed by atoms with Gasteiger partial charge in [0.2, 0.25) is 0 Å². The van der Waals surface area contributed by atoms with Crippen LogP contribution in [0.4, 0.5) is 0 Å². The van der Waals surface area contributed by atoms with Crippen molar-refractivity contribution >= 4 is 0 Å². The average Bonchev–Trinajstić information content (AvgIpc) is 2.36. The van der Waals surface area contributed by atoms with Crippen molar-refractivity contribution in [2.24, 2.45) is 0 Å². The Balaban J connectivity index is 1.62. The largest absolute Gasteiger partial charge is 0.491 e. The first-order valence-electron chi connectivity index (χ1n) is 6.13. The molecule has 1 aromatic rings. The molecular weight excluding hydrogens is 218 g/mol. The van der Waals surface area contributed by atoms with Crippen molar-refractivity contribution in [1.82, 2.24) is 4.98 Å². The molecule has 0 amide bonds. The topological polar surface area (TPSA) is 40.6 Å². The Labute approximate surface area is 102 Å². The van der Waals surface area contributed by atoms with Crippen molar-refractivity contribution in [3.63, 3.8) is 0 Å². The summed E-state index contributed by atoms with van der Waals surface area (Å²) in [5.74, 6) is 0.839. The Morgan fingerprint density at radius 3 is 3.12 bits per heavy atom. The minimum atomic E-state index is -0.0356. The first kappa shape index (κ1) is 12.3. The van der Waals surface area contributed by atoms with Crippen LogP contribution in [0, 0.1) is 6.92 Å². The molecule has 1 aromatic heterocycles. The molecule has 0 N–H and O–H groups in total. The summed E-state index contributed by atoms with van der Waals surface area (Å²) in [6, 6.07) is 3.77. The molecule has 0 aromatic carbocycles. The highest BCUT2D eigenvalue weighted by atomic mass is 16.7. The predicted octanol–water partition coefficient (Wildman–Crippen LogP) is 2.31. The summed E-state index contributed by atoms with van der Waals surface area (Å²) in [5.41, 5.74) is 0.957. The summed E-state index contributed by atoms with van der Waals surface area (Å²) in [6.45, 7) is 3.86. The van der Waals surface area contributed by atoms with Crippen molar-refractivity contribution in [3.8, 4) is 5.75 Å². The van der Waals surface area contributed by atoms with Crippen LogP contribution in [-0.4, -0.2) is 31.1 Å². The third-order valence-electron chi connectivity index (χ3n) is 2.66. The lowest BCUT2D eigenvalue weighted by molar-refractivity contribution is -0.165. The van der Waals surface area contributed by atoms with E-state index < -0.39 is 0 Å². The predicted molar refractivity (Wildman–Crippen MR) is 64.0 cm³/mol. The van der Waals surface area contributed by atoms with Gasteiger partial charge in [-0.1, -0.05) is 0 Å². The second-order valence-electron chi connectivity index (χ2n) is 4.15. The first-order chi connectivity index (χ1) is 8.34. The van der Waals surface area contributed by atoms with E-state index in [-0.39, 0.29) is 6.29 Å². The maximum absolute atomic E-state index is 5.57. The fraction of sp³-hybridized carbons (Fsp3) is 0.615. The Hall–Kier alpha value is -1.13. The fourth-order valence-electron chi connectivity index (χ4n) is 1.79. The number of hydrogen-bond donors (Lipinski definition) is 0. The second-order valence-corrected chi connectivity index (χ2v) is 4.15. The van der Waals surface area contributed by atoms with Crippen LogP contribution in [0.1, 0.15) is 25.0 Å². The third kappa shape index (κ3) is 4.32. The molecule has 0 bridgehead atoms. The molecule has 1 aliphatic heterocycles. The molecule has 1 fully saturated rings.